The van der Waals surface area contributed by atoms with Gasteiger partial charge in [0.2, 0.25) is 0 Å². The monoisotopic (exact) mass is 486 g/mol. The molecule has 0 unspecified atom stereocenters. The molecule has 0 fully saturated rings. The van der Waals surface area contributed by atoms with Crippen LogP contribution in [-0.2, 0) is 30.5 Å². The summed E-state index contributed by atoms with van der Waals surface area (Å²) in [7, 11) is 0. The van der Waals surface area contributed by atoms with E-state index in [1.165, 1.54) is 28.7 Å². The van der Waals surface area contributed by atoms with E-state index in [4.69, 9.17) is 15.9 Å². The lowest BCUT2D eigenvalue weighted by Gasteiger charge is -2.42. The number of fused-ring (bicyclic) bond motifs is 1. The van der Waals surface area contributed by atoms with E-state index >= 15 is 0 Å². The van der Waals surface area contributed by atoms with Crippen LogP contribution in [0.25, 0.3) is 0 Å². The normalized spacial score (nSPS) is 15.7. The number of hydrogen-bond acceptors (Lipinski definition) is 3. The molecular formula is C30H38N4O2. The molecule has 0 bridgehead atoms. The molecule has 1 aliphatic carbocycles. The van der Waals surface area contributed by atoms with Gasteiger partial charge in [-0.2, -0.15) is 0 Å². The van der Waals surface area contributed by atoms with Gasteiger partial charge in [-0.25, -0.2) is 4.99 Å². The molecule has 4 rings (SSSR count). The van der Waals surface area contributed by atoms with Crippen molar-refractivity contribution in [2.24, 2.45) is 16.5 Å². The molecule has 6 heteroatoms. The van der Waals surface area contributed by atoms with Crippen LogP contribution in [0.1, 0.15) is 84.5 Å². The van der Waals surface area contributed by atoms with E-state index in [0.29, 0.717) is 25.4 Å². The Kier molecular flexibility index (Phi) is 6.98. The maximum atomic E-state index is 13.5. The highest BCUT2D eigenvalue weighted by atomic mass is 16.3. The van der Waals surface area contributed by atoms with E-state index < -0.39 is 0 Å². The second-order valence-corrected chi connectivity index (χ2v) is 11.3. The molecule has 0 saturated heterocycles. The van der Waals surface area contributed by atoms with Crippen LogP contribution >= 0.6 is 0 Å². The van der Waals surface area contributed by atoms with E-state index in [1.54, 1.807) is 18.4 Å². The Hall–Kier alpha value is -3.54. The third-order valence-electron chi connectivity index (χ3n) is 7.53. The van der Waals surface area contributed by atoms with Gasteiger partial charge in [0.15, 0.2) is 11.7 Å². The Bertz CT molecular complexity index is 1250. The third kappa shape index (κ3) is 5.48. The molecule has 0 radical (unpaired) electrons. The average Bonchev–Trinajstić information content (AvgIpc) is 3.36. The molecule has 36 heavy (non-hydrogen) atoms. The lowest BCUT2D eigenvalue weighted by molar-refractivity contribution is 0.0697. The highest BCUT2D eigenvalue weighted by molar-refractivity contribution is 5.91. The second-order valence-electron chi connectivity index (χ2n) is 11.3. The minimum Gasteiger partial charge on any atom is -0.459 e. The molecule has 0 saturated carbocycles. The predicted molar refractivity (Wildman–Crippen MR) is 145 cm³/mol. The minimum absolute atomic E-state index is 0.0706. The fourth-order valence-corrected chi connectivity index (χ4v) is 5.05. The Morgan fingerprint density at radius 1 is 0.944 bits per heavy atom. The van der Waals surface area contributed by atoms with E-state index in [1.807, 2.05) is 29.2 Å². The molecule has 6 nitrogen and oxygen atoms in total. The first-order valence-corrected chi connectivity index (χ1v) is 12.6. The number of benzene rings is 2. The average molecular weight is 487 g/mol. The van der Waals surface area contributed by atoms with Crippen LogP contribution in [0.3, 0.4) is 0 Å². The van der Waals surface area contributed by atoms with Crippen LogP contribution in [0.4, 0.5) is 0 Å². The van der Waals surface area contributed by atoms with E-state index in [-0.39, 0.29) is 22.7 Å². The minimum atomic E-state index is -0.124. The Morgan fingerprint density at radius 2 is 1.56 bits per heavy atom. The lowest BCUT2D eigenvalue weighted by atomic mass is 9.62. The van der Waals surface area contributed by atoms with Gasteiger partial charge < -0.3 is 20.8 Å². The number of rotatable bonds is 7. The fourth-order valence-electron chi connectivity index (χ4n) is 5.05. The van der Waals surface area contributed by atoms with E-state index in [2.05, 4.69) is 51.7 Å². The zero-order valence-electron chi connectivity index (χ0n) is 22.1. The number of amides is 1. The van der Waals surface area contributed by atoms with Crippen molar-refractivity contribution in [2.45, 2.75) is 77.9 Å². The Balaban J connectivity index is 1.65. The van der Waals surface area contributed by atoms with Gasteiger partial charge in [-0.15, -0.1) is 0 Å². The number of carbonyl (C=O) groups excluding carboxylic acids is 1. The van der Waals surface area contributed by atoms with Crippen molar-refractivity contribution in [3.05, 3.63) is 93.9 Å². The van der Waals surface area contributed by atoms with Crippen LogP contribution in [0.2, 0.25) is 0 Å². The van der Waals surface area contributed by atoms with Crippen LogP contribution < -0.4 is 11.5 Å². The van der Waals surface area contributed by atoms with Crippen molar-refractivity contribution in [3.63, 3.8) is 0 Å². The summed E-state index contributed by atoms with van der Waals surface area (Å²) in [6, 6.07) is 16.2. The van der Waals surface area contributed by atoms with Crippen molar-refractivity contribution >= 4 is 11.9 Å². The van der Waals surface area contributed by atoms with Gasteiger partial charge in [0.1, 0.15) is 0 Å². The molecule has 2 aromatic carbocycles. The quantitative estimate of drug-likeness (QED) is 0.338. The summed E-state index contributed by atoms with van der Waals surface area (Å²) < 4.78 is 5.48. The number of nitrogens with two attached hydrogens (primary N) is 2. The third-order valence-corrected chi connectivity index (χ3v) is 7.53. The Morgan fingerprint density at radius 3 is 2.14 bits per heavy atom. The zero-order valence-corrected chi connectivity index (χ0v) is 22.1. The number of hydrogen-bond donors (Lipinski definition) is 2. The highest BCUT2D eigenvalue weighted by Gasteiger charge is 2.37. The van der Waals surface area contributed by atoms with Crippen molar-refractivity contribution in [1.82, 2.24) is 4.90 Å². The van der Waals surface area contributed by atoms with Gasteiger partial charge in [0.25, 0.3) is 5.91 Å². The molecule has 1 amide bonds. The summed E-state index contributed by atoms with van der Waals surface area (Å²) in [4.78, 5) is 19.4. The molecule has 4 N–H and O–H groups in total. The van der Waals surface area contributed by atoms with Gasteiger partial charge in [-0.3, -0.25) is 4.79 Å². The van der Waals surface area contributed by atoms with Crippen molar-refractivity contribution in [2.75, 3.05) is 0 Å². The predicted octanol–water partition coefficient (Wildman–Crippen LogP) is 5.55. The molecule has 0 aliphatic heterocycles. The standard InChI is InChI=1S/C30H38N4O2/c1-20-15-24-25(30(4,5)13-12-29(24,2)3)16-23(20)19-34(27(35)26-7-6-14-36-26)18-22-10-8-21(9-11-22)17-33-28(31)32/h6-11,14-16H,12-13,17-19H2,1-5H3,(H4,31,32,33). The number of carbonyl (C=O) groups is 1. The highest BCUT2D eigenvalue weighted by Crippen LogP contribution is 2.46. The van der Waals surface area contributed by atoms with Gasteiger partial charge in [0, 0.05) is 13.1 Å². The van der Waals surface area contributed by atoms with E-state index in [9.17, 15) is 4.79 Å². The molecule has 1 aliphatic rings. The number of aliphatic imine (C=N–C) groups is 1. The van der Waals surface area contributed by atoms with Gasteiger partial charge >= 0.3 is 0 Å². The molecule has 0 atom stereocenters. The summed E-state index contributed by atoms with van der Waals surface area (Å²) in [5.41, 5.74) is 18.4. The molecule has 1 aromatic heterocycles. The Labute approximate surface area is 214 Å². The summed E-state index contributed by atoms with van der Waals surface area (Å²) in [6.45, 7) is 12.9. The number of nitrogens with zero attached hydrogens (tertiary/aromatic N) is 2. The summed E-state index contributed by atoms with van der Waals surface area (Å²) in [5, 5.41) is 0. The van der Waals surface area contributed by atoms with Gasteiger partial charge in [-0.1, -0.05) is 64.1 Å². The molecule has 1 heterocycles. The van der Waals surface area contributed by atoms with E-state index in [0.717, 1.165) is 17.5 Å². The fraction of sp³-hybridized carbons (Fsp3) is 0.400. The van der Waals surface area contributed by atoms with Crippen LogP contribution in [0, 0.1) is 6.92 Å². The molecule has 3 aromatic rings. The largest absolute Gasteiger partial charge is 0.459 e. The number of guanidine groups is 1. The second kappa shape index (κ2) is 9.84. The SMILES string of the molecule is Cc1cc2c(cc1CN(Cc1ccc(CN=C(N)N)cc1)C(=O)c1ccco1)C(C)(C)CCC2(C)C. The topological polar surface area (TPSA) is 97.9 Å². The van der Waals surface area contributed by atoms with Crippen LogP contribution in [0.5, 0.6) is 0 Å². The molecule has 190 valence electrons. The zero-order chi connectivity index (χ0) is 26.1. The first-order valence-electron chi connectivity index (χ1n) is 12.6. The first-order chi connectivity index (χ1) is 17.0. The van der Waals surface area contributed by atoms with Gasteiger partial charge in [0.05, 0.1) is 12.8 Å². The van der Waals surface area contributed by atoms with Gasteiger partial charge in [-0.05, 0) is 76.1 Å². The van der Waals surface area contributed by atoms with Crippen molar-refractivity contribution < 1.29 is 9.21 Å². The number of furan rings is 1. The molecule has 0 spiro atoms. The lowest BCUT2D eigenvalue weighted by Crippen LogP contribution is -2.35. The maximum absolute atomic E-state index is 13.5. The number of aryl methyl sites for hydroxylation is 1. The first kappa shape index (κ1) is 25.5. The smallest absolute Gasteiger partial charge is 0.290 e. The summed E-state index contributed by atoms with van der Waals surface area (Å²) in [5.74, 6) is 0.291. The maximum Gasteiger partial charge on any atom is 0.290 e. The summed E-state index contributed by atoms with van der Waals surface area (Å²) >= 11 is 0. The van der Waals surface area contributed by atoms with Crippen molar-refractivity contribution in [3.8, 4) is 0 Å². The van der Waals surface area contributed by atoms with Crippen molar-refractivity contribution in [1.29, 1.82) is 0 Å². The molecular weight excluding hydrogens is 448 g/mol. The van der Waals surface area contributed by atoms with Crippen LogP contribution in [-0.4, -0.2) is 16.8 Å². The summed E-state index contributed by atoms with van der Waals surface area (Å²) in [6.07, 6.45) is 3.86. The van der Waals surface area contributed by atoms with Crippen LogP contribution in [0.15, 0.2) is 64.2 Å².